The summed E-state index contributed by atoms with van der Waals surface area (Å²) >= 11 is 0. The molecule has 1 atom stereocenters. The summed E-state index contributed by atoms with van der Waals surface area (Å²) < 4.78 is 0. The Morgan fingerprint density at radius 3 is 1.67 bits per heavy atom. The molecule has 0 aliphatic rings. The molecule has 0 aliphatic carbocycles. The van der Waals surface area contributed by atoms with Crippen molar-refractivity contribution in [2.45, 2.75) is 32.2 Å². The van der Waals surface area contributed by atoms with Crippen LogP contribution in [-0.2, 0) is 12.8 Å². The van der Waals surface area contributed by atoms with Crippen molar-refractivity contribution in [2.24, 2.45) is 11.1 Å². The molecular weight excluding hydrogens is 258 g/mol. The van der Waals surface area contributed by atoms with Gasteiger partial charge in [-0.2, -0.15) is 0 Å². The minimum absolute atomic E-state index is 0.0186. The lowest BCUT2D eigenvalue weighted by atomic mass is 9.69. The average molecular weight is 283 g/mol. The van der Waals surface area contributed by atoms with Crippen LogP contribution in [0.2, 0.25) is 0 Å². The van der Waals surface area contributed by atoms with Crippen LogP contribution in [0.1, 0.15) is 24.5 Å². The van der Waals surface area contributed by atoms with Crippen LogP contribution in [0.25, 0.3) is 0 Å². The van der Waals surface area contributed by atoms with Gasteiger partial charge in [-0.15, -0.1) is 0 Å². The molecule has 2 aromatic rings. The molecule has 2 aromatic carbocycles. The standard InChI is InChI=1S/C19H25NO/c1-16(20)19(12-13-21,14-17-8-4-2-5-9-17)15-18-10-6-3-7-11-18/h2-11,16,21H,12-15,20H2,1H3. The van der Waals surface area contributed by atoms with E-state index in [4.69, 9.17) is 5.73 Å². The zero-order valence-electron chi connectivity index (χ0n) is 12.7. The molecule has 0 heterocycles. The maximum atomic E-state index is 9.55. The number of aliphatic hydroxyl groups excluding tert-OH is 1. The summed E-state index contributed by atoms with van der Waals surface area (Å²) in [7, 11) is 0. The topological polar surface area (TPSA) is 46.2 Å². The Kier molecular flexibility index (Phi) is 5.54. The summed E-state index contributed by atoms with van der Waals surface area (Å²) in [5.41, 5.74) is 8.78. The van der Waals surface area contributed by atoms with E-state index in [0.29, 0.717) is 6.42 Å². The van der Waals surface area contributed by atoms with Crippen LogP contribution in [0.4, 0.5) is 0 Å². The number of aliphatic hydroxyl groups is 1. The van der Waals surface area contributed by atoms with Crippen molar-refractivity contribution in [3.05, 3.63) is 71.8 Å². The number of hydrogen-bond donors (Lipinski definition) is 2. The van der Waals surface area contributed by atoms with Crippen molar-refractivity contribution in [1.29, 1.82) is 0 Å². The Morgan fingerprint density at radius 2 is 1.33 bits per heavy atom. The molecule has 0 aromatic heterocycles. The fourth-order valence-electron chi connectivity index (χ4n) is 3.02. The first-order chi connectivity index (χ1) is 10.2. The Bertz CT molecular complexity index is 480. The van der Waals surface area contributed by atoms with Gasteiger partial charge in [0, 0.05) is 12.6 Å². The highest BCUT2D eigenvalue weighted by Crippen LogP contribution is 2.34. The molecule has 21 heavy (non-hydrogen) atoms. The van der Waals surface area contributed by atoms with E-state index in [-0.39, 0.29) is 18.1 Å². The van der Waals surface area contributed by atoms with Crippen molar-refractivity contribution >= 4 is 0 Å². The summed E-state index contributed by atoms with van der Waals surface area (Å²) in [4.78, 5) is 0. The lowest BCUT2D eigenvalue weighted by molar-refractivity contribution is 0.151. The molecule has 0 bridgehead atoms. The largest absolute Gasteiger partial charge is 0.396 e. The molecule has 3 N–H and O–H groups in total. The fraction of sp³-hybridized carbons (Fsp3) is 0.368. The second-order valence-corrected chi connectivity index (χ2v) is 5.95. The van der Waals surface area contributed by atoms with E-state index in [1.54, 1.807) is 0 Å². The summed E-state index contributed by atoms with van der Waals surface area (Å²) in [6.45, 7) is 2.22. The van der Waals surface area contributed by atoms with Crippen LogP contribution in [0, 0.1) is 5.41 Å². The average Bonchev–Trinajstić information content (AvgIpc) is 2.49. The van der Waals surface area contributed by atoms with Crippen LogP contribution in [0.5, 0.6) is 0 Å². The van der Waals surface area contributed by atoms with Gasteiger partial charge in [-0.25, -0.2) is 0 Å². The molecule has 0 saturated carbocycles. The molecule has 1 unspecified atom stereocenters. The summed E-state index contributed by atoms with van der Waals surface area (Å²) in [5.74, 6) is 0. The van der Waals surface area contributed by atoms with Crippen molar-refractivity contribution in [3.63, 3.8) is 0 Å². The van der Waals surface area contributed by atoms with E-state index in [1.165, 1.54) is 11.1 Å². The zero-order chi connectivity index (χ0) is 15.1. The molecule has 2 rings (SSSR count). The molecule has 0 aliphatic heterocycles. The third-order valence-electron chi connectivity index (χ3n) is 4.37. The highest BCUT2D eigenvalue weighted by atomic mass is 16.3. The molecule has 0 amide bonds. The monoisotopic (exact) mass is 283 g/mol. The SMILES string of the molecule is CC(N)C(CCO)(Cc1ccccc1)Cc1ccccc1. The van der Waals surface area contributed by atoms with Gasteiger partial charge in [0.05, 0.1) is 0 Å². The highest BCUT2D eigenvalue weighted by molar-refractivity contribution is 5.21. The highest BCUT2D eigenvalue weighted by Gasteiger charge is 2.34. The van der Waals surface area contributed by atoms with Crippen LogP contribution in [0.15, 0.2) is 60.7 Å². The second kappa shape index (κ2) is 7.39. The molecule has 0 radical (unpaired) electrons. The Labute approximate surface area is 127 Å². The van der Waals surface area contributed by atoms with Gasteiger partial charge in [0.15, 0.2) is 0 Å². The van der Waals surface area contributed by atoms with Gasteiger partial charge in [0.2, 0.25) is 0 Å². The first-order valence-electron chi connectivity index (χ1n) is 7.60. The maximum absolute atomic E-state index is 9.55. The third-order valence-corrected chi connectivity index (χ3v) is 4.37. The van der Waals surface area contributed by atoms with Crippen LogP contribution < -0.4 is 5.73 Å². The van der Waals surface area contributed by atoms with E-state index in [9.17, 15) is 5.11 Å². The van der Waals surface area contributed by atoms with Gasteiger partial charge >= 0.3 is 0 Å². The number of rotatable bonds is 7. The van der Waals surface area contributed by atoms with Gasteiger partial charge in [-0.1, -0.05) is 60.7 Å². The van der Waals surface area contributed by atoms with Crippen LogP contribution >= 0.6 is 0 Å². The molecule has 112 valence electrons. The first kappa shape index (κ1) is 15.7. The molecule has 2 nitrogen and oxygen atoms in total. The van der Waals surface area contributed by atoms with E-state index in [2.05, 4.69) is 55.5 Å². The molecule has 0 saturated heterocycles. The number of nitrogens with two attached hydrogens (primary N) is 1. The Morgan fingerprint density at radius 1 is 0.905 bits per heavy atom. The maximum Gasteiger partial charge on any atom is 0.0437 e. The van der Waals surface area contributed by atoms with Crippen molar-refractivity contribution < 1.29 is 5.11 Å². The number of benzene rings is 2. The number of hydrogen-bond acceptors (Lipinski definition) is 2. The van der Waals surface area contributed by atoms with Crippen LogP contribution in [-0.4, -0.2) is 17.8 Å². The van der Waals surface area contributed by atoms with E-state index < -0.39 is 0 Å². The lowest BCUT2D eigenvalue weighted by Crippen LogP contribution is -2.44. The third kappa shape index (κ3) is 4.16. The quantitative estimate of drug-likeness (QED) is 0.819. The fourth-order valence-corrected chi connectivity index (χ4v) is 3.02. The second-order valence-electron chi connectivity index (χ2n) is 5.95. The first-order valence-corrected chi connectivity index (χ1v) is 7.60. The van der Waals surface area contributed by atoms with Crippen molar-refractivity contribution in [2.75, 3.05) is 6.61 Å². The van der Waals surface area contributed by atoms with Gasteiger partial charge in [-0.3, -0.25) is 0 Å². The van der Waals surface area contributed by atoms with Gasteiger partial charge in [0.25, 0.3) is 0 Å². The predicted molar refractivity (Wildman–Crippen MR) is 88.1 cm³/mol. The summed E-state index contributed by atoms with van der Waals surface area (Å²) in [6, 6.07) is 20.9. The van der Waals surface area contributed by atoms with E-state index in [1.807, 2.05) is 12.1 Å². The van der Waals surface area contributed by atoms with Gasteiger partial charge in [0.1, 0.15) is 0 Å². The molecule has 2 heteroatoms. The predicted octanol–water partition coefficient (Wildman–Crippen LogP) is 3.19. The molecule has 0 fully saturated rings. The lowest BCUT2D eigenvalue weighted by Gasteiger charge is -2.38. The zero-order valence-corrected chi connectivity index (χ0v) is 12.7. The molecule has 0 spiro atoms. The van der Waals surface area contributed by atoms with E-state index in [0.717, 1.165) is 12.8 Å². The normalized spacial score (nSPS) is 13.1. The summed E-state index contributed by atoms with van der Waals surface area (Å²) in [6.07, 6.45) is 2.50. The van der Waals surface area contributed by atoms with Crippen molar-refractivity contribution in [1.82, 2.24) is 0 Å². The van der Waals surface area contributed by atoms with Gasteiger partial charge in [-0.05, 0) is 42.7 Å². The smallest absolute Gasteiger partial charge is 0.0437 e. The minimum atomic E-state index is -0.114. The van der Waals surface area contributed by atoms with Crippen molar-refractivity contribution in [3.8, 4) is 0 Å². The van der Waals surface area contributed by atoms with Gasteiger partial charge < -0.3 is 10.8 Å². The summed E-state index contributed by atoms with van der Waals surface area (Å²) in [5, 5.41) is 9.55. The minimum Gasteiger partial charge on any atom is -0.396 e. The Balaban J connectivity index is 2.28. The Hall–Kier alpha value is -1.64. The van der Waals surface area contributed by atoms with Crippen LogP contribution in [0.3, 0.4) is 0 Å². The molecular formula is C19H25NO. The van der Waals surface area contributed by atoms with E-state index >= 15 is 0 Å².